The molecule has 1 N–H and O–H groups in total. The van der Waals surface area contributed by atoms with E-state index >= 15 is 0 Å². The monoisotopic (exact) mass is 289 g/mol. The molecule has 0 amide bonds. The fourth-order valence-corrected chi connectivity index (χ4v) is 3.69. The van der Waals surface area contributed by atoms with Gasteiger partial charge >= 0.3 is 0 Å². The maximum absolute atomic E-state index is 6.12. The Morgan fingerprint density at radius 1 is 1.19 bits per heavy atom. The Kier molecular flexibility index (Phi) is 4.94. The van der Waals surface area contributed by atoms with Crippen LogP contribution >= 0.6 is 0 Å². The fourth-order valence-electron chi connectivity index (χ4n) is 3.69. The van der Waals surface area contributed by atoms with Gasteiger partial charge in [-0.15, -0.1) is 0 Å². The SMILES string of the molecule is CC(Cc1ccccc1)NC1CCOC2(CCOCC2)C1. The van der Waals surface area contributed by atoms with Crippen molar-refractivity contribution in [2.75, 3.05) is 19.8 Å². The second-order valence-electron chi connectivity index (χ2n) is 6.59. The van der Waals surface area contributed by atoms with Crippen LogP contribution in [0.5, 0.6) is 0 Å². The quantitative estimate of drug-likeness (QED) is 0.924. The summed E-state index contributed by atoms with van der Waals surface area (Å²) in [6.07, 6.45) is 5.46. The van der Waals surface area contributed by atoms with E-state index in [1.54, 1.807) is 0 Å². The topological polar surface area (TPSA) is 30.5 Å². The van der Waals surface area contributed by atoms with E-state index < -0.39 is 0 Å². The molecule has 1 spiro atoms. The molecule has 21 heavy (non-hydrogen) atoms. The summed E-state index contributed by atoms with van der Waals surface area (Å²) in [5, 5.41) is 3.82. The Morgan fingerprint density at radius 3 is 2.71 bits per heavy atom. The first-order valence-corrected chi connectivity index (χ1v) is 8.27. The van der Waals surface area contributed by atoms with Gasteiger partial charge in [0.2, 0.25) is 0 Å². The average Bonchev–Trinajstić information content (AvgIpc) is 2.49. The average molecular weight is 289 g/mol. The second kappa shape index (κ2) is 6.91. The van der Waals surface area contributed by atoms with Crippen molar-refractivity contribution in [3.8, 4) is 0 Å². The van der Waals surface area contributed by atoms with Gasteiger partial charge in [-0.25, -0.2) is 0 Å². The molecule has 1 aromatic rings. The van der Waals surface area contributed by atoms with Gasteiger partial charge in [-0.2, -0.15) is 0 Å². The van der Waals surface area contributed by atoms with E-state index in [2.05, 4.69) is 42.6 Å². The first-order chi connectivity index (χ1) is 10.3. The summed E-state index contributed by atoms with van der Waals surface area (Å²) in [4.78, 5) is 0. The summed E-state index contributed by atoms with van der Waals surface area (Å²) >= 11 is 0. The molecule has 2 fully saturated rings. The highest BCUT2D eigenvalue weighted by Crippen LogP contribution is 2.34. The molecule has 2 unspecified atom stereocenters. The van der Waals surface area contributed by atoms with Crippen molar-refractivity contribution in [3.63, 3.8) is 0 Å². The van der Waals surface area contributed by atoms with E-state index in [0.29, 0.717) is 12.1 Å². The van der Waals surface area contributed by atoms with Crippen molar-refractivity contribution in [1.82, 2.24) is 5.32 Å². The zero-order chi connectivity index (χ0) is 14.5. The molecule has 0 radical (unpaired) electrons. The van der Waals surface area contributed by atoms with Crippen LogP contribution in [0.1, 0.15) is 38.2 Å². The van der Waals surface area contributed by atoms with Crippen LogP contribution in [0, 0.1) is 0 Å². The number of rotatable bonds is 4. The molecule has 2 aliphatic heterocycles. The molecule has 2 heterocycles. The summed E-state index contributed by atoms with van der Waals surface area (Å²) in [7, 11) is 0. The zero-order valence-electron chi connectivity index (χ0n) is 13.0. The van der Waals surface area contributed by atoms with Crippen LogP contribution in [-0.4, -0.2) is 37.5 Å². The molecule has 2 aliphatic rings. The minimum absolute atomic E-state index is 0.0840. The lowest BCUT2D eigenvalue weighted by molar-refractivity contribution is -0.140. The summed E-state index contributed by atoms with van der Waals surface area (Å²) in [5.74, 6) is 0. The number of hydrogen-bond donors (Lipinski definition) is 1. The maximum Gasteiger partial charge on any atom is 0.0741 e. The largest absolute Gasteiger partial charge is 0.381 e. The van der Waals surface area contributed by atoms with Gasteiger partial charge in [0.1, 0.15) is 0 Å². The van der Waals surface area contributed by atoms with Crippen molar-refractivity contribution < 1.29 is 9.47 Å². The standard InChI is InChI=1S/C18H27NO2/c1-15(13-16-5-3-2-4-6-16)19-17-7-10-21-18(14-17)8-11-20-12-9-18/h2-6,15,17,19H,7-14H2,1H3. The van der Waals surface area contributed by atoms with Gasteiger partial charge in [-0.3, -0.25) is 0 Å². The van der Waals surface area contributed by atoms with Crippen LogP contribution in [0.3, 0.4) is 0 Å². The summed E-state index contributed by atoms with van der Waals surface area (Å²) in [6.45, 7) is 4.88. The van der Waals surface area contributed by atoms with Crippen molar-refractivity contribution in [2.24, 2.45) is 0 Å². The van der Waals surface area contributed by atoms with Crippen LogP contribution in [0.15, 0.2) is 30.3 Å². The molecular weight excluding hydrogens is 262 g/mol. The fraction of sp³-hybridized carbons (Fsp3) is 0.667. The Morgan fingerprint density at radius 2 is 1.95 bits per heavy atom. The van der Waals surface area contributed by atoms with E-state index in [9.17, 15) is 0 Å². The van der Waals surface area contributed by atoms with Crippen LogP contribution in [-0.2, 0) is 15.9 Å². The lowest BCUT2D eigenvalue weighted by Crippen LogP contribution is -2.51. The predicted octanol–water partition coefficient (Wildman–Crippen LogP) is 2.94. The van der Waals surface area contributed by atoms with E-state index in [4.69, 9.17) is 9.47 Å². The van der Waals surface area contributed by atoms with Crippen LogP contribution in [0.4, 0.5) is 0 Å². The van der Waals surface area contributed by atoms with Crippen molar-refractivity contribution in [2.45, 2.75) is 56.7 Å². The van der Waals surface area contributed by atoms with Crippen LogP contribution in [0.2, 0.25) is 0 Å². The first kappa shape index (κ1) is 15.0. The smallest absolute Gasteiger partial charge is 0.0741 e. The molecule has 3 rings (SSSR count). The minimum atomic E-state index is 0.0840. The van der Waals surface area contributed by atoms with Gasteiger partial charge in [-0.1, -0.05) is 30.3 Å². The highest BCUT2D eigenvalue weighted by Gasteiger charge is 2.39. The zero-order valence-corrected chi connectivity index (χ0v) is 13.0. The van der Waals surface area contributed by atoms with E-state index in [-0.39, 0.29) is 5.60 Å². The highest BCUT2D eigenvalue weighted by molar-refractivity contribution is 5.15. The number of ether oxygens (including phenoxy) is 2. The third-order valence-electron chi connectivity index (χ3n) is 4.80. The number of nitrogens with one attached hydrogen (secondary N) is 1. The van der Waals surface area contributed by atoms with Gasteiger partial charge in [-0.05, 0) is 44.6 Å². The minimum Gasteiger partial charge on any atom is -0.381 e. The molecule has 3 heteroatoms. The molecule has 3 nitrogen and oxygen atoms in total. The predicted molar refractivity (Wildman–Crippen MR) is 84.5 cm³/mol. The number of hydrogen-bond acceptors (Lipinski definition) is 3. The molecular formula is C18H27NO2. The first-order valence-electron chi connectivity index (χ1n) is 8.27. The molecule has 2 atom stereocenters. The van der Waals surface area contributed by atoms with Gasteiger partial charge in [0.25, 0.3) is 0 Å². The van der Waals surface area contributed by atoms with Gasteiger partial charge in [0, 0.05) is 31.9 Å². The summed E-state index contributed by atoms with van der Waals surface area (Å²) in [5.41, 5.74) is 1.49. The van der Waals surface area contributed by atoms with Crippen molar-refractivity contribution in [1.29, 1.82) is 0 Å². The Bertz CT molecular complexity index is 423. The van der Waals surface area contributed by atoms with Crippen LogP contribution in [0.25, 0.3) is 0 Å². The third-order valence-corrected chi connectivity index (χ3v) is 4.80. The van der Waals surface area contributed by atoms with Gasteiger partial charge in [0.05, 0.1) is 5.60 Å². The lowest BCUT2D eigenvalue weighted by Gasteiger charge is -2.44. The van der Waals surface area contributed by atoms with E-state index in [0.717, 1.165) is 51.9 Å². The lowest BCUT2D eigenvalue weighted by atomic mass is 9.84. The molecule has 0 aromatic heterocycles. The van der Waals surface area contributed by atoms with Crippen molar-refractivity contribution >= 4 is 0 Å². The Balaban J connectivity index is 1.52. The Hall–Kier alpha value is -0.900. The second-order valence-corrected chi connectivity index (χ2v) is 6.59. The molecule has 0 bridgehead atoms. The highest BCUT2D eigenvalue weighted by atomic mass is 16.5. The third kappa shape index (κ3) is 4.06. The Labute approximate surface area is 128 Å². The summed E-state index contributed by atoms with van der Waals surface area (Å²) in [6, 6.07) is 11.8. The van der Waals surface area contributed by atoms with Gasteiger partial charge in [0.15, 0.2) is 0 Å². The summed E-state index contributed by atoms with van der Waals surface area (Å²) < 4.78 is 11.6. The molecule has 1 aromatic carbocycles. The van der Waals surface area contributed by atoms with Crippen LogP contribution < -0.4 is 5.32 Å². The maximum atomic E-state index is 6.12. The molecule has 116 valence electrons. The number of benzene rings is 1. The molecule has 2 saturated heterocycles. The van der Waals surface area contributed by atoms with Gasteiger partial charge < -0.3 is 14.8 Å². The van der Waals surface area contributed by atoms with Crippen molar-refractivity contribution in [3.05, 3.63) is 35.9 Å². The van der Waals surface area contributed by atoms with E-state index in [1.807, 2.05) is 0 Å². The molecule has 0 aliphatic carbocycles. The normalized spacial score (nSPS) is 26.6. The molecule has 0 saturated carbocycles. The van der Waals surface area contributed by atoms with E-state index in [1.165, 1.54) is 5.56 Å².